The van der Waals surface area contributed by atoms with Gasteiger partial charge in [0, 0.05) is 44.6 Å². The fourth-order valence-electron chi connectivity index (χ4n) is 3.06. The number of hydrogen-bond donors (Lipinski definition) is 1. The number of anilines is 1. The van der Waals surface area contributed by atoms with E-state index < -0.39 is 0 Å². The molecule has 1 fully saturated rings. The lowest BCUT2D eigenvalue weighted by Crippen LogP contribution is -2.41. The first kappa shape index (κ1) is 20.8. The van der Waals surface area contributed by atoms with Gasteiger partial charge in [0.05, 0.1) is 20.6 Å². The molecule has 1 aliphatic rings. The summed E-state index contributed by atoms with van der Waals surface area (Å²) in [5.74, 6) is 0.288. The van der Waals surface area contributed by atoms with Crippen molar-refractivity contribution in [3.05, 3.63) is 57.0 Å². The highest BCUT2D eigenvalue weighted by atomic mass is 35.5. The Labute approximate surface area is 178 Å². The van der Waals surface area contributed by atoms with Crippen molar-refractivity contribution in [3.63, 3.8) is 0 Å². The molecule has 5 nitrogen and oxygen atoms in total. The summed E-state index contributed by atoms with van der Waals surface area (Å²) in [6, 6.07) is 10.0. The molecule has 0 spiro atoms. The van der Waals surface area contributed by atoms with E-state index in [4.69, 9.17) is 39.5 Å². The van der Waals surface area contributed by atoms with Crippen LogP contribution in [0, 0.1) is 0 Å². The number of nitrogens with zero attached hydrogens (tertiary/aromatic N) is 1. The molecule has 1 saturated heterocycles. The Morgan fingerprint density at radius 3 is 2.32 bits per heavy atom. The Balaban J connectivity index is 1.62. The second kappa shape index (κ2) is 9.03. The molecule has 148 valence electrons. The molecule has 2 aromatic rings. The molecule has 1 aliphatic heterocycles. The van der Waals surface area contributed by atoms with Crippen molar-refractivity contribution in [2.45, 2.75) is 25.9 Å². The topological polar surface area (TPSA) is 58.6 Å². The van der Waals surface area contributed by atoms with Crippen LogP contribution in [-0.4, -0.2) is 35.9 Å². The van der Waals surface area contributed by atoms with Crippen molar-refractivity contribution in [1.82, 2.24) is 4.90 Å². The fourth-order valence-corrected chi connectivity index (χ4v) is 3.55. The van der Waals surface area contributed by atoms with Crippen LogP contribution in [0.15, 0.2) is 36.4 Å². The molecular formula is C20H19Cl3N2O3. The third-order valence-corrected chi connectivity index (χ3v) is 5.51. The number of nitrogens with one attached hydrogen (secondary N) is 1. The van der Waals surface area contributed by atoms with E-state index in [2.05, 4.69) is 5.32 Å². The summed E-state index contributed by atoms with van der Waals surface area (Å²) < 4.78 is 5.96. The molecule has 0 radical (unpaired) electrons. The van der Waals surface area contributed by atoms with Crippen LogP contribution < -0.4 is 10.1 Å². The van der Waals surface area contributed by atoms with Gasteiger partial charge in [-0.3, -0.25) is 9.59 Å². The third kappa shape index (κ3) is 5.10. The lowest BCUT2D eigenvalue weighted by molar-refractivity contribution is -0.114. The second-order valence-electron chi connectivity index (χ2n) is 6.56. The van der Waals surface area contributed by atoms with Gasteiger partial charge in [-0.05, 0) is 30.3 Å². The van der Waals surface area contributed by atoms with Gasteiger partial charge in [0.2, 0.25) is 5.91 Å². The molecule has 2 amide bonds. The number of amides is 2. The Hall–Kier alpha value is -1.95. The number of rotatable bonds is 4. The highest BCUT2D eigenvalue weighted by molar-refractivity contribution is 6.42. The number of likely N-dealkylation sites (tertiary alicyclic amines) is 1. The Morgan fingerprint density at radius 2 is 1.68 bits per heavy atom. The maximum absolute atomic E-state index is 12.9. The van der Waals surface area contributed by atoms with E-state index in [9.17, 15) is 9.59 Å². The van der Waals surface area contributed by atoms with Gasteiger partial charge in [-0.1, -0.05) is 34.8 Å². The smallest absolute Gasteiger partial charge is 0.255 e. The summed E-state index contributed by atoms with van der Waals surface area (Å²) in [4.78, 5) is 25.8. The summed E-state index contributed by atoms with van der Waals surface area (Å²) in [5, 5.41) is 3.94. The number of piperidine rings is 1. The van der Waals surface area contributed by atoms with Crippen molar-refractivity contribution in [2.75, 3.05) is 18.4 Å². The number of halogens is 3. The van der Waals surface area contributed by atoms with Crippen LogP contribution in [0.1, 0.15) is 30.1 Å². The van der Waals surface area contributed by atoms with E-state index >= 15 is 0 Å². The molecule has 0 aromatic heterocycles. The molecule has 0 bridgehead atoms. The third-order valence-electron chi connectivity index (χ3n) is 4.44. The minimum atomic E-state index is -0.207. The van der Waals surface area contributed by atoms with Gasteiger partial charge < -0.3 is 15.0 Å². The fraction of sp³-hybridized carbons (Fsp3) is 0.300. The van der Waals surface area contributed by atoms with Gasteiger partial charge in [0.25, 0.3) is 5.91 Å². The minimum absolute atomic E-state index is 0.0116. The van der Waals surface area contributed by atoms with Crippen LogP contribution in [-0.2, 0) is 4.79 Å². The van der Waals surface area contributed by atoms with Crippen molar-refractivity contribution in [1.29, 1.82) is 0 Å². The van der Waals surface area contributed by atoms with Crippen LogP contribution in [0.5, 0.6) is 5.75 Å². The normalized spacial score (nSPS) is 14.6. The maximum atomic E-state index is 12.9. The van der Waals surface area contributed by atoms with Crippen LogP contribution in [0.2, 0.25) is 15.1 Å². The van der Waals surface area contributed by atoms with Gasteiger partial charge in [0.15, 0.2) is 0 Å². The first-order valence-corrected chi connectivity index (χ1v) is 9.95. The number of hydrogen-bond acceptors (Lipinski definition) is 3. The monoisotopic (exact) mass is 440 g/mol. The summed E-state index contributed by atoms with van der Waals surface area (Å²) in [5.41, 5.74) is 0.912. The second-order valence-corrected chi connectivity index (χ2v) is 7.78. The average molecular weight is 442 g/mol. The Bertz CT molecular complexity index is 896. The molecular weight excluding hydrogens is 423 g/mol. The molecule has 0 aliphatic carbocycles. The van der Waals surface area contributed by atoms with Crippen molar-refractivity contribution in [3.8, 4) is 5.75 Å². The first-order chi connectivity index (χ1) is 13.3. The van der Waals surface area contributed by atoms with Crippen LogP contribution >= 0.6 is 34.8 Å². The predicted octanol–water partition coefficient (Wildman–Crippen LogP) is 5.29. The first-order valence-electron chi connectivity index (χ1n) is 8.81. The number of benzene rings is 2. The van der Waals surface area contributed by atoms with Gasteiger partial charge in [-0.2, -0.15) is 0 Å². The van der Waals surface area contributed by atoms with E-state index in [-0.39, 0.29) is 17.9 Å². The van der Waals surface area contributed by atoms with E-state index in [1.54, 1.807) is 41.3 Å². The van der Waals surface area contributed by atoms with Crippen LogP contribution in [0.4, 0.5) is 5.69 Å². The van der Waals surface area contributed by atoms with Crippen molar-refractivity contribution < 1.29 is 14.3 Å². The molecule has 8 heteroatoms. The van der Waals surface area contributed by atoms with Crippen LogP contribution in [0.25, 0.3) is 0 Å². The summed E-state index contributed by atoms with van der Waals surface area (Å²) >= 11 is 18.1. The predicted molar refractivity (Wildman–Crippen MR) is 112 cm³/mol. The lowest BCUT2D eigenvalue weighted by atomic mass is 10.1. The highest BCUT2D eigenvalue weighted by Crippen LogP contribution is 2.29. The number of ether oxygens (including phenoxy) is 1. The van der Waals surface area contributed by atoms with Crippen LogP contribution in [0.3, 0.4) is 0 Å². The van der Waals surface area contributed by atoms with E-state index in [1.807, 2.05) is 0 Å². The molecule has 1 heterocycles. The molecule has 0 atom stereocenters. The van der Waals surface area contributed by atoms with Gasteiger partial charge in [0.1, 0.15) is 11.9 Å². The summed E-state index contributed by atoms with van der Waals surface area (Å²) in [6.07, 6.45) is 1.37. The molecule has 0 unspecified atom stereocenters. The molecule has 1 N–H and O–H groups in total. The zero-order chi connectivity index (χ0) is 20.3. The zero-order valence-electron chi connectivity index (χ0n) is 15.2. The average Bonchev–Trinajstić information content (AvgIpc) is 2.66. The van der Waals surface area contributed by atoms with E-state index in [0.29, 0.717) is 58.0 Å². The quantitative estimate of drug-likeness (QED) is 0.701. The maximum Gasteiger partial charge on any atom is 0.255 e. The Kier molecular flexibility index (Phi) is 6.70. The SMILES string of the molecule is CC(=O)Nc1ccc(Cl)c(C(=O)N2CCC(Oc3ccc(Cl)c(Cl)c3)CC2)c1. The van der Waals surface area contributed by atoms with E-state index in [1.165, 1.54) is 6.92 Å². The molecule has 3 rings (SSSR count). The van der Waals surface area contributed by atoms with Crippen molar-refractivity contribution in [2.24, 2.45) is 0 Å². The van der Waals surface area contributed by atoms with Gasteiger partial charge in [-0.25, -0.2) is 0 Å². The minimum Gasteiger partial charge on any atom is -0.490 e. The molecule has 28 heavy (non-hydrogen) atoms. The highest BCUT2D eigenvalue weighted by Gasteiger charge is 2.26. The lowest BCUT2D eigenvalue weighted by Gasteiger charge is -2.32. The number of carbonyl (C=O) groups excluding carboxylic acids is 2. The molecule has 2 aromatic carbocycles. The van der Waals surface area contributed by atoms with Gasteiger partial charge >= 0.3 is 0 Å². The summed E-state index contributed by atoms with van der Waals surface area (Å²) in [6.45, 7) is 2.51. The summed E-state index contributed by atoms with van der Waals surface area (Å²) in [7, 11) is 0. The standard InChI is InChI=1S/C20H19Cl3N2O3/c1-12(26)24-13-2-4-17(21)16(10-13)20(27)25-8-6-14(7-9-25)28-15-3-5-18(22)19(23)11-15/h2-5,10-11,14H,6-9H2,1H3,(H,24,26). The van der Waals surface area contributed by atoms with Gasteiger partial charge in [-0.15, -0.1) is 0 Å². The number of carbonyl (C=O) groups is 2. The van der Waals surface area contributed by atoms with Crippen molar-refractivity contribution >= 4 is 52.3 Å². The molecule has 0 saturated carbocycles. The zero-order valence-corrected chi connectivity index (χ0v) is 17.4. The largest absolute Gasteiger partial charge is 0.490 e. The Morgan fingerprint density at radius 1 is 1.00 bits per heavy atom. The van der Waals surface area contributed by atoms with E-state index in [0.717, 1.165) is 0 Å².